The average Bonchev–Trinajstić information content (AvgIpc) is 2.99. The van der Waals surface area contributed by atoms with Gasteiger partial charge in [0, 0.05) is 25.2 Å². The van der Waals surface area contributed by atoms with Gasteiger partial charge in [0.25, 0.3) is 0 Å². The molecule has 0 spiro atoms. The maximum atomic E-state index is 6.41. The fourth-order valence-corrected chi connectivity index (χ4v) is 4.86. The molecule has 2 N–H and O–H groups in total. The molecule has 0 aromatic rings. The molecular weight excluding hydrogens is 258 g/mol. The number of piperidine rings is 1. The zero-order valence-corrected chi connectivity index (χ0v) is 14.0. The molecule has 0 radical (unpaired) electrons. The van der Waals surface area contributed by atoms with Crippen LogP contribution in [0, 0.1) is 11.8 Å². The van der Waals surface area contributed by atoms with Crippen molar-refractivity contribution in [2.75, 3.05) is 32.7 Å². The van der Waals surface area contributed by atoms with E-state index in [1.165, 1.54) is 84.1 Å². The van der Waals surface area contributed by atoms with Crippen molar-refractivity contribution in [1.82, 2.24) is 9.80 Å². The summed E-state index contributed by atoms with van der Waals surface area (Å²) in [6.45, 7) is 8.92. The van der Waals surface area contributed by atoms with Gasteiger partial charge in [-0.05, 0) is 70.0 Å². The number of nitrogens with two attached hydrogens (primary N) is 1. The molecule has 122 valence electrons. The Hall–Kier alpha value is -0.120. The van der Waals surface area contributed by atoms with Crippen LogP contribution in [-0.2, 0) is 0 Å². The number of hydrogen-bond acceptors (Lipinski definition) is 3. The van der Waals surface area contributed by atoms with Crippen LogP contribution < -0.4 is 5.73 Å². The third kappa shape index (κ3) is 4.00. The molecule has 2 heterocycles. The molecule has 1 saturated carbocycles. The maximum absolute atomic E-state index is 6.41. The largest absolute Gasteiger partial charge is 0.327 e. The molecule has 0 amide bonds. The first kappa shape index (κ1) is 15.8. The van der Waals surface area contributed by atoms with E-state index >= 15 is 0 Å². The summed E-state index contributed by atoms with van der Waals surface area (Å²) < 4.78 is 0. The summed E-state index contributed by atoms with van der Waals surface area (Å²) in [7, 11) is 0. The van der Waals surface area contributed by atoms with Crippen LogP contribution >= 0.6 is 0 Å². The van der Waals surface area contributed by atoms with Gasteiger partial charge in [-0.2, -0.15) is 0 Å². The summed E-state index contributed by atoms with van der Waals surface area (Å²) in [6, 6.07) is 1.30. The van der Waals surface area contributed by atoms with Crippen LogP contribution in [0.2, 0.25) is 0 Å². The van der Waals surface area contributed by atoms with E-state index in [1.54, 1.807) is 0 Å². The third-order valence-corrected chi connectivity index (χ3v) is 6.37. The van der Waals surface area contributed by atoms with Crippen molar-refractivity contribution < 1.29 is 0 Å². The lowest BCUT2D eigenvalue weighted by Crippen LogP contribution is -2.44. The van der Waals surface area contributed by atoms with Crippen molar-refractivity contribution in [1.29, 1.82) is 0 Å². The highest BCUT2D eigenvalue weighted by atomic mass is 15.3. The van der Waals surface area contributed by atoms with Gasteiger partial charge in [0.05, 0.1) is 0 Å². The first-order valence-corrected chi connectivity index (χ1v) is 9.48. The summed E-state index contributed by atoms with van der Waals surface area (Å²) in [5.74, 6) is 1.69. The Morgan fingerprint density at radius 2 is 1.81 bits per heavy atom. The first-order valence-electron chi connectivity index (χ1n) is 9.48. The van der Waals surface area contributed by atoms with Crippen LogP contribution in [0.4, 0.5) is 0 Å². The van der Waals surface area contributed by atoms with E-state index in [-0.39, 0.29) is 0 Å². The van der Waals surface area contributed by atoms with Crippen molar-refractivity contribution in [3.63, 3.8) is 0 Å². The molecule has 3 heteroatoms. The Morgan fingerprint density at radius 1 is 1.00 bits per heavy atom. The van der Waals surface area contributed by atoms with E-state index in [9.17, 15) is 0 Å². The lowest BCUT2D eigenvalue weighted by molar-refractivity contribution is 0.142. The zero-order valence-electron chi connectivity index (χ0n) is 14.0. The molecule has 3 nitrogen and oxygen atoms in total. The molecular formula is C18H35N3. The van der Waals surface area contributed by atoms with Crippen LogP contribution in [0.3, 0.4) is 0 Å². The Bertz CT molecular complexity index is 314. The Kier molecular flexibility index (Phi) is 5.58. The molecule has 21 heavy (non-hydrogen) atoms. The second kappa shape index (κ2) is 7.43. The predicted octanol–water partition coefficient (Wildman–Crippen LogP) is 2.70. The van der Waals surface area contributed by atoms with Gasteiger partial charge >= 0.3 is 0 Å². The van der Waals surface area contributed by atoms with Crippen molar-refractivity contribution in [2.45, 2.75) is 70.4 Å². The number of likely N-dealkylation sites (tertiary alicyclic amines) is 2. The second-order valence-electron chi connectivity index (χ2n) is 7.81. The van der Waals surface area contributed by atoms with Crippen molar-refractivity contribution in [2.24, 2.45) is 17.6 Å². The topological polar surface area (TPSA) is 32.5 Å². The zero-order chi connectivity index (χ0) is 14.7. The molecule has 0 aromatic heterocycles. The molecule has 4 atom stereocenters. The monoisotopic (exact) mass is 293 g/mol. The summed E-state index contributed by atoms with van der Waals surface area (Å²) in [4.78, 5) is 5.49. The summed E-state index contributed by atoms with van der Waals surface area (Å²) >= 11 is 0. The van der Waals surface area contributed by atoms with Crippen molar-refractivity contribution in [3.8, 4) is 0 Å². The normalized spacial score (nSPS) is 39.7. The first-order chi connectivity index (χ1) is 10.3. The lowest BCUT2D eigenvalue weighted by Gasteiger charge is -2.36. The number of nitrogens with zero attached hydrogens (tertiary/aromatic N) is 2. The maximum Gasteiger partial charge on any atom is 0.0235 e. The molecule has 2 aliphatic heterocycles. The molecule has 1 aliphatic carbocycles. The van der Waals surface area contributed by atoms with Crippen LogP contribution in [0.25, 0.3) is 0 Å². The highest BCUT2D eigenvalue weighted by Crippen LogP contribution is 2.32. The summed E-state index contributed by atoms with van der Waals surface area (Å²) in [5, 5.41) is 0. The lowest BCUT2D eigenvalue weighted by atomic mass is 9.77. The van der Waals surface area contributed by atoms with E-state index in [0.29, 0.717) is 6.04 Å². The molecule has 3 fully saturated rings. The SMILES string of the molecule is CCC1CCC(N)C(CN2CCC(N3CCCCC3)C2)C1. The highest BCUT2D eigenvalue weighted by molar-refractivity contribution is 4.89. The molecule has 0 bridgehead atoms. The van der Waals surface area contributed by atoms with Crippen LogP contribution in [-0.4, -0.2) is 54.6 Å². The molecule has 0 aromatic carbocycles. The van der Waals surface area contributed by atoms with Crippen molar-refractivity contribution in [3.05, 3.63) is 0 Å². The third-order valence-electron chi connectivity index (χ3n) is 6.37. The van der Waals surface area contributed by atoms with Gasteiger partial charge in [0.15, 0.2) is 0 Å². The minimum absolute atomic E-state index is 0.460. The Balaban J connectivity index is 1.47. The van der Waals surface area contributed by atoms with E-state index in [0.717, 1.165) is 17.9 Å². The quantitative estimate of drug-likeness (QED) is 0.865. The summed E-state index contributed by atoms with van der Waals surface area (Å²) in [6.07, 6.45) is 11.0. The number of rotatable bonds is 4. The predicted molar refractivity (Wildman–Crippen MR) is 89.4 cm³/mol. The van der Waals surface area contributed by atoms with Gasteiger partial charge in [0.1, 0.15) is 0 Å². The van der Waals surface area contributed by atoms with Crippen LogP contribution in [0.5, 0.6) is 0 Å². The van der Waals surface area contributed by atoms with Crippen LogP contribution in [0.15, 0.2) is 0 Å². The van der Waals surface area contributed by atoms with Gasteiger partial charge < -0.3 is 10.6 Å². The van der Waals surface area contributed by atoms with Crippen LogP contribution in [0.1, 0.15) is 58.3 Å². The van der Waals surface area contributed by atoms with Gasteiger partial charge in [-0.3, -0.25) is 4.90 Å². The minimum atomic E-state index is 0.460. The molecule has 4 unspecified atom stereocenters. The Morgan fingerprint density at radius 3 is 2.57 bits per heavy atom. The summed E-state index contributed by atoms with van der Waals surface area (Å²) in [5.41, 5.74) is 6.41. The van der Waals surface area contributed by atoms with Gasteiger partial charge in [-0.15, -0.1) is 0 Å². The minimum Gasteiger partial charge on any atom is -0.327 e. The Labute approximate surface area is 131 Å². The second-order valence-corrected chi connectivity index (χ2v) is 7.81. The fraction of sp³-hybridized carbons (Fsp3) is 1.00. The highest BCUT2D eigenvalue weighted by Gasteiger charge is 2.33. The van der Waals surface area contributed by atoms with E-state index in [1.807, 2.05) is 0 Å². The average molecular weight is 293 g/mol. The van der Waals surface area contributed by atoms with Crippen molar-refractivity contribution >= 4 is 0 Å². The number of hydrogen-bond donors (Lipinski definition) is 1. The van der Waals surface area contributed by atoms with Gasteiger partial charge in [-0.25, -0.2) is 0 Å². The van der Waals surface area contributed by atoms with Gasteiger partial charge in [-0.1, -0.05) is 19.8 Å². The molecule has 2 saturated heterocycles. The van der Waals surface area contributed by atoms with E-state index < -0.39 is 0 Å². The van der Waals surface area contributed by atoms with Gasteiger partial charge in [0.2, 0.25) is 0 Å². The van der Waals surface area contributed by atoms with E-state index in [2.05, 4.69) is 16.7 Å². The molecule has 3 aliphatic rings. The fourth-order valence-electron chi connectivity index (χ4n) is 4.86. The standard InChI is InChI=1S/C18H35N3/c1-2-15-6-7-18(19)16(12-15)13-20-11-8-17(14-20)21-9-4-3-5-10-21/h15-18H,2-14,19H2,1H3. The van der Waals surface area contributed by atoms with E-state index in [4.69, 9.17) is 5.73 Å². The molecule has 3 rings (SSSR count). The smallest absolute Gasteiger partial charge is 0.0235 e.